The minimum absolute atomic E-state index is 0.946. The lowest BCUT2D eigenvalue weighted by atomic mass is 10.0. The van der Waals surface area contributed by atoms with Gasteiger partial charge >= 0.3 is 0 Å². The predicted molar refractivity (Wildman–Crippen MR) is 64.7 cm³/mol. The van der Waals surface area contributed by atoms with Crippen molar-refractivity contribution in [2.24, 2.45) is 0 Å². The van der Waals surface area contributed by atoms with Gasteiger partial charge in [0.2, 0.25) is 0 Å². The van der Waals surface area contributed by atoms with Crippen molar-refractivity contribution in [1.82, 2.24) is 5.32 Å². The Balaban J connectivity index is 2.84. The Labute approximate surface area is 92.7 Å². The van der Waals surface area contributed by atoms with Crippen molar-refractivity contribution in [2.75, 3.05) is 20.2 Å². The molecule has 0 aliphatic carbocycles. The summed E-state index contributed by atoms with van der Waals surface area (Å²) in [7, 11) is 1.72. The molecule has 1 heterocycles. The van der Waals surface area contributed by atoms with E-state index in [1.807, 2.05) is 6.08 Å². The molecule has 1 N–H and O–H groups in total. The third kappa shape index (κ3) is 3.56. The fraction of sp³-hybridized carbons (Fsp3) is 0.538. The van der Waals surface area contributed by atoms with Gasteiger partial charge in [0.05, 0.1) is 7.11 Å². The van der Waals surface area contributed by atoms with Crippen molar-refractivity contribution < 1.29 is 4.74 Å². The molecular weight excluding hydrogens is 186 g/mol. The third-order valence-electron chi connectivity index (χ3n) is 2.82. The quantitative estimate of drug-likeness (QED) is 0.567. The standard InChI is InChI=1S/C13H21NO/c1-4-6-13(15-3)11(2)12-7-5-9-14-10-8-12/h4,6,14H,1,5,7-10H2,2-3H3/b12-11+,13-6+. The molecule has 0 aromatic heterocycles. The molecule has 2 nitrogen and oxygen atoms in total. The van der Waals surface area contributed by atoms with Gasteiger partial charge in [-0.25, -0.2) is 0 Å². The average Bonchev–Trinajstić information content (AvgIpc) is 2.53. The second kappa shape index (κ2) is 6.46. The van der Waals surface area contributed by atoms with Gasteiger partial charge in [-0.3, -0.25) is 0 Å². The van der Waals surface area contributed by atoms with E-state index in [2.05, 4.69) is 18.8 Å². The number of hydrogen-bond donors (Lipinski definition) is 1. The molecule has 1 saturated heterocycles. The Morgan fingerprint density at radius 2 is 2.20 bits per heavy atom. The highest BCUT2D eigenvalue weighted by molar-refractivity contribution is 5.32. The Kier molecular flexibility index (Phi) is 5.19. The number of rotatable bonds is 3. The molecule has 1 aliphatic rings. The monoisotopic (exact) mass is 207 g/mol. The van der Waals surface area contributed by atoms with Crippen LogP contribution in [0.4, 0.5) is 0 Å². The molecule has 2 heteroatoms. The van der Waals surface area contributed by atoms with Gasteiger partial charge in [0, 0.05) is 0 Å². The van der Waals surface area contributed by atoms with Gasteiger partial charge in [-0.2, -0.15) is 0 Å². The first-order valence-corrected chi connectivity index (χ1v) is 5.56. The van der Waals surface area contributed by atoms with Crippen LogP contribution in [0.5, 0.6) is 0 Å². The van der Waals surface area contributed by atoms with Gasteiger partial charge in [0.25, 0.3) is 0 Å². The summed E-state index contributed by atoms with van der Waals surface area (Å²) in [6, 6.07) is 0. The summed E-state index contributed by atoms with van der Waals surface area (Å²) in [5.74, 6) is 0.946. The molecule has 0 saturated carbocycles. The molecular formula is C13H21NO. The first-order chi connectivity index (χ1) is 7.29. The van der Waals surface area contributed by atoms with Gasteiger partial charge in [-0.05, 0) is 50.9 Å². The van der Waals surface area contributed by atoms with Crippen LogP contribution in [-0.4, -0.2) is 20.2 Å². The zero-order valence-corrected chi connectivity index (χ0v) is 9.81. The first-order valence-electron chi connectivity index (χ1n) is 5.56. The van der Waals surface area contributed by atoms with Crippen LogP contribution in [0.1, 0.15) is 26.2 Å². The maximum absolute atomic E-state index is 5.36. The molecule has 1 rings (SSSR count). The summed E-state index contributed by atoms with van der Waals surface area (Å²) in [6.07, 6.45) is 7.23. The van der Waals surface area contributed by atoms with Crippen LogP contribution < -0.4 is 5.32 Å². The van der Waals surface area contributed by atoms with Crippen molar-refractivity contribution in [3.8, 4) is 0 Å². The first kappa shape index (κ1) is 12.1. The van der Waals surface area contributed by atoms with E-state index in [1.54, 1.807) is 13.2 Å². The number of ether oxygens (including phenoxy) is 1. The number of nitrogens with one attached hydrogen (secondary N) is 1. The fourth-order valence-corrected chi connectivity index (χ4v) is 1.92. The normalized spacial score (nSPS) is 21.9. The lowest BCUT2D eigenvalue weighted by Crippen LogP contribution is -2.13. The van der Waals surface area contributed by atoms with Crippen LogP contribution in [0.3, 0.4) is 0 Å². The maximum Gasteiger partial charge on any atom is 0.121 e. The molecule has 0 spiro atoms. The van der Waals surface area contributed by atoms with Crippen LogP contribution in [0.25, 0.3) is 0 Å². The van der Waals surface area contributed by atoms with Crippen molar-refractivity contribution in [2.45, 2.75) is 26.2 Å². The summed E-state index contributed by atoms with van der Waals surface area (Å²) in [5.41, 5.74) is 2.79. The third-order valence-corrected chi connectivity index (χ3v) is 2.82. The minimum atomic E-state index is 0.946. The topological polar surface area (TPSA) is 21.3 Å². The van der Waals surface area contributed by atoms with E-state index in [0.29, 0.717) is 0 Å². The highest BCUT2D eigenvalue weighted by atomic mass is 16.5. The van der Waals surface area contributed by atoms with Gasteiger partial charge in [-0.15, -0.1) is 0 Å². The minimum Gasteiger partial charge on any atom is -0.496 e. The average molecular weight is 207 g/mol. The molecule has 1 aliphatic heterocycles. The van der Waals surface area contributed by atoms with Crippen LogP contribution in [0.2, 0.25) is 0 Å². The smallest absolute Gasteiger partial charge is 0.121 e. The summed E-state index contributed by atoms with van der Waals surface area (Å²) in [6.45, 7) is 8.05. The molecule has 0 aromatic carbocycles. The molecule has 1 fully saturated rings. The summed E-state index contributed by atoms with van der Waals surface area (Å²) >= 11 is 0. The van der Waals surface area contributed by atoms with Crippen molar-refractivity contribution in [1.29, 1.82) is 0 Å². The largest absolute Gasteiger partial charge is 0.496 e. The van der Waals surface area contributed by atoms with Crippen molar-refractivity contribution in [3.05, 3.63) is 35.6 Å². The highest BCUT2D eigenvalue weighted by Crippen LogP contribution is 2.22. The van der Waals surface area contributed by atoms with E-state index in [0.717, 1.165) is 25.3 Å². The van der Waals surface area contributed by atoms with Crippen LogP contribution >= 0.6 is 0 Å². The van der Waals surface area contributed by atoms with E-state index in [4.69, 9.17) is 4.74 Å². The number of methoxy groups -OCH3 is 1. The second-order valence-corrected chi connectivity index (χ2v) is 3.80. The zero-order chi connectivity index (χ0) is 11.1. The molecule has 0 aromatic rings. The van der Waals surface area contributed by atoms with Gasteiger partial charge < -0.3 is 10.1 Å². The SMILES string of the molecule is C=C/C=C(OC)\C(C)=C1/CCCNCC1. The molecule has 0 unspecified atom stereocenters. The summed E-state index contributed by atoms with van der Waals surface area (Å²) in [4.78, 5) is 0. The molecule has 0 radical (unpaired) electrons. The van der Waals surface area contributed by atoms with Crippen molar-refractivity contribution in [3.63, 3.8) is 0 Å². The van der Waals surface area contributed by atoms with E-state index in [1.165, 1.54) is 24.0 Å². The predicted octanol–water partition coefficient (Wildman–Crippen LogP) is 2.79. The second-order valence-electron chi connectivity index (χ2n) is 3.80. The molecule has 84 valence electrons. The number of hydrogen-bond acceptors (Lipinski definition) is 2. The highest BCUT2D eigenvalue weighted by Gasteiger charge is 2.09. The summed E-state index contributed by atoms with van der Waals surface area (Å²) < 4.78 is 5.36. The van der Waals surface area contributed by atoms with Crippen molar-refractivity contribution >= 4 is 0 Å². The lowest BCUT2D eigenvalue weighted by molar-refractivity contribution is 0.300. The van der Waals surface area contributed by atoms with E-state index < -0.39 is 0 Å². The maximum atomic E-state index is 5.36. The number of allylic oxidation sites excluding steroid dienone is 3. The van der Waals surface area contributed by atoms with E-state index >= 15 is 0 Å². The van der Waals surface area contributed by atoms with Crippen LogP contribution in [0.15, 0.2) is 35.6 Å². The van der Waals surface area contributed by atoms with Gasteiger partial charge in [0.1, 0.15) is 5.76 Å². The fourth-order valence-electron chi connectivity index (χ4n) is 1.92. The Bertz CT molecular complexity index is 266. The van der Waals surface area contributed by atoms with Gasteiger partial charge in [0.15, 0.2) is 0 Å². The molecule has 0 amide bonds. The summed E-state index contributed by atoms with van der Waals surface area (Å²) in [5, 5.41) is 3.41. The van der Waals surface area contributed by atoms with Crippen LogP contribution in [0, 0.1) is 0 Å². The Morgan fingerprint density at radius 1 is 1.40 bits per heavy atom. The molecule has 15 heavy (non-hydrogen) atoms. The van der Waals surface area contributed by atoms with E-state index in [-0.39, 0.29) is 0 Å². The molecule has 0 atom stereocenters. The molecule has 0 bridgehead atoms. The Hall–Kier alpha value is -1.02. The van der Waals surface area contributed by atoms with Crippen LogP contribution in [-0.2, 0) is 4.74 Å². The zero-order valence-electron chi connectivity index (χ0n) is 9.81. The van der Waals surface area contributed by atoms with E-state index in [9.17, 15) is 0 Å². The lowest BCUT2D eigenvalue weighted by Gasteiger charge is -2.11. The van der Waals surface area contributed by atoms with Gasteiger partial charge in [-0.1, -0.05) is 18.2 Å². The Morgan fingerprint density at radius 3 is 2.87 bits per heavy atom.